The average Bonchev–Trinajstić information content (AvgIpc) is 2.00. The molecule has 0 saturated heterocycles. The van der Waals surface area contributed by atoms with Crippen LogP contribution in [-0.4, -0.2) is 39.9 Å². The Morgan fingerprint density at radius 3 is 2.00 bits per heavy atom. The molecule has 0 radical (unpaired) electrons. The van der Waals surface area contributed by atoms with E-state index in [-0.39, 0.29) is 12.8 Å². The monoisotopic (exact) mass is 189 g/mol. The van der Waals surface area contributed by atoms with Crippen molar-refractivity contribution in [3.05, 3.63) is 0 Å². The molecule has 6 heteroatoms. The average molecular weight is 189 g/mol. The van der Waals surface area contributed by atoms with Crippen molar-refractivity contribution in [3.8, 4) is 0 Å². The molecular weight excluding hydrogens is 174 g/mol. The molecule has 1 fully saturated rings. The second-order valence-electron chi connectivity index (χ2n) is 3.62. The third-order valence-corrected chi connectivity index (χ3v) is 2.48. The first kappa shape index (κ1) is 10.4. The molecule has 8 N–H and O–H groups in total. The molecule has 0 aliphatic heterocycles. The predicted molar refractivity (Wildman–Crippen MR) is 45.3 cm³/mol. The van der Waals surface area contributed by atoms with Crippen molar-refractivity contribution in [2.24, 2.45) is 17.2 Å². The number of rotatable bonds is 1. The van der Waals surface area contributed by atoms with Crippen LogP contribution in [0.5, 0.6) is 0 Å². The third kappa shape index (κ3) is 1.80. The van der Waals surface area contributed by atoms with Crippen molar-refractivity contribution in [1.82, 2.24) is 0 Å². The number of hydrogen-bond donors (Lipinski definition) is 5. The molecule has 1 aliphatic carbocycles. The zero-order chi connectivity index (χ0) is 10.2. The van der Waals surface area contributed by atoms with E-state index in [0.717, 1.165) is 0 Å². The van der Waals surface area contributed by atoms with Crippen molar-refractivity contribution < 1.29 is 15.0 Å². The van der Waals surface area contributed by atoms with E-state index in [9.17, 15) is 15.0 Å². The van der Waals surface area contributed by atoms with Gasteiger partial charge in [0.15, 0.2) is 0 Å². The van der Waals surface area contributed by atoms with Gasteiger partial charge in [-0.3, -0.25) is 4.79 Å². The Morgan fingerprint density at radius 2 is 1.69 bits per heavy atom. The highest BCUT2D eigenvalue weighted by Gasteiger charge is 2.45. The van der Waals surface area contributed by atoms with Crippen molar-refractivity contribution in [1.29, 1.82) is 0 Å². The second kappa shape index (κ2) is 3.22. The molecule has 1 rings (SSSR count). The Morgan fingerprint density at radius 1 is 1.31 bits per heavy atom. The van der Waals surface area contributed by atoms with E-state index in [1.54, 1.807) is 0 Å². The number of hydrogen-bond acceptors (Lipinski definition) is 5. The normalized spacial score (nSPS) is 46.0. The smallest absolute Gasteiger partial charge is 0.249 e. The molecule has 0 aromatic rings. The number of carbonyl (C=O) groups is 1. The minimum atomic E-state index is -1.67. The lowest BCUT2D eigenvalue weighted by molar-refractivity contribution is -0.143. The summed E-state index contributed by atoms with van der Waals surface area (Å²) in [7, 11) is 0. The minimum Gasteiger partial charge on any atom is -0.390 e. The van der Waals surface area contributed by atoms with Crippen LogP contribution >= 0.6 is 0 Å². The molecule has 0 heterocycles. The van der Waals surface area contributed by atoms with Gasteiger partial charge in [0.05, 0.1) is 6.10 Å². The Labute approximate surface area is 75.7 Å². The summed E-state index contributed by atoms with van der Waals surface area (Å²) in [6.07, 6.45) is -0.978. The Bertz CT molecular complexity index is 209. The summed E-state index contributed by atoms with van der Waals surface area (Å²) in [5.41, 5.74) is 14.3. The highest BCUT2D eigenvalue weighted by Crippen LogP contribution is 2.26. The molecule has 1 aliphatic rings. The van der Waals surface area contributed by atoms with Crippen molar-refractivity contribution >= 4 is 5.91 Å². The molecular formula is C7H15N3O3. The molecule has 2 unspecified atom stereocenters. The van der Waals surface area contributed by atoms with Gasteiger partial charge >= 0.3 is 0 Å². The van der Waals surface area contributed by atoms with Gasteiger partial charge in [-0.25, -0.2) is 0 Å². The summed E-state index contributed by atoms with van der Waals surface area (Å²) in [6, 6.07) is -1.41. The summed E-state index contributed by atoms with van der Waals surface area (Å²) in [5.74, 6) is -0.842. The van der Waals surface area contributed by atoms with E-state index in [0.29, 0.717) is 0 Å². The van der Waals surface area contributed by atoms with Gasteiger partial charge in [0.1, 0.15) is 5.60 Å². The fourth-order valence-corrected chi connectivity index (χ4v) is 1.62. The maximum Gasteiger partial charge on any atom is 0.249 e. The van der Waals surface area contributed by atoms with Crippen LogP contribution in [0.1, 0.15) is 12.8 Å². The number of aliphatic hydroxyl groups is 2. The lowest BCUT2D eigenvalue weighted by atomic mass is 9.77. The van der Waals surface area contributed by atoms with Crippen molar-refractivity contribution in [2.45, 2.75) is 36.6 Å². The van der Waals surface area contributed by atoms with Crippen LogP contribution in [0.15, 0.2) is 0 Å². The van der Waals surface area contributed by atoms with Crippen molar-refractivity contribution in [3.63, 3.8) is 0 Å². The number of primary amides is 1. The predicted octanol–water partition coefficient (Wildman–Crippen LogP) is -2.99. The van der Waals surface area contributed by atoms with E-state index < -0.39 is 29.7 Å². The summed E-state index contributed by atoms with van der Waals surface area (Å²) in [6.45, 7) is 0. The molecule has 0 aromatic heterocycles. The van der Waals surface area contributed by atoms with Crippen molar-refractivity contribution in [2.75, 3.05) is 0 Å². The first-order chi connectivity index (χ1) is 5.87. The van der Waals surface area contributed by atoms with Crippen LogP contribution in [0.3, 0.4) is 0 Å². The van der Waals surface area contributed by atoms with Gasteiger partial charge < -0.3 is 27.4 Å². The van der Waals surface area contributed by atoms with Crippen LogP contribution in [0.4, 0.5) is 0 Å². The highest BCUT2D eigenvalue weighted by atomic mass is 16.3. The highest BCUT2D eigenvalue weighted by molar-refractivity contribution is 5.83. The number of nitrogens with two attached hydrogens (primary N) is 3. The lowest BCUT2D eigenvalue weighted by Gasteiger charge is -2.39. The number of carbonyl (C=O) groups excluding carboxylic acids is 1. The molecule has 2 atom stereocenters. The molecule has 0 spiro atoms. The van der Waals surface area contributed by atoms with Gasteiger partial charge in [0, 0.05) is 24.9 Å². The number of amides is 1. The van der Waals surface area contributed by atoms with Gasteiger partial charge in [-0.2, -0.15) is 0 Å². The van der Waals surface area contributed by atoms with E-state index >= 15 is 0 Å². The van der Waals surface area contributed by atoms with Gasteiger partial charge in [-0.05, 0) is 0 Å². The van der Waals surface area contributed by atoms with Crippen LogP contribution in [0.25, 0.3) is 0 Å². The molecule has 0 aromatic carbocycles. The van der Waals surface area contributed by atoms with E-state index in [1.165, 1.54) is 0 Å². The quantitative estimate of drug-likeness (QED) is 0.300. The van der Waals surface area contributed by atoms with Gasteiger partial charge in [-0.1, -0.05) is 0 Å². The van der Waals surface area contributed by atoms with E-state index in [1.807, 2.05) is 0 Å². The zero-order valence-corrected chi connectivity index (χ0v) is 7.18. The molecule has 1 amide bonds. The molecule has 1 saturated carbocycles. The molecule has 6 nitrogen and oxygen atoms in total. The SMILES string of the molecule is NC(=O)C1(O)CC(N)C(O)C(N)C1. The summed E-state index contributed by atoms with van der Waals surface area (Å²) < 4.78 is 0. The Hall–Kier alpha value is -0.690. The van der Waals surface area contributed by atoms with Gasteiger partial charge in [0.25, 0.3) is 0 Å². The van der Waals surface area contributed by atoms with Crippen LogP contribution in [-0.2, 0) is 4.79 Å². The largest absolute Gasteiger partial charge is 0.390 e. The molecule has 76 valence electrons. The first-order valence-electron chi connectivity index (χ1n) is 4.08. The lowest BCUT2D eigenvalue weighted by Crippen LogP contribution is -2.62. The molecule has 0 bridgehead atoms. The van der Waals surface area contributed by atoms with Gasteiger partial charge in [0.2, 0.25) is 5.91 Å². The second-order valence-corrected chi connectivity index (χ2v) is 3.62. The molecule has 13 heavy (non-hydrogen) atoms. The fraction of sp³-hybridized carbons (Fsp3) is 0.857. The van der Waals surface area contributed by atoms with E-state index in [4.69, 9.17) is 17.2 Å². The fourth-order valence-electron chi connectivity index (χ4n) is 1.62. The maximum absolute atomic E-state index is 10.9. The topological polar surface area (TPSA) is 136 Å². The maximum atomic E-state index is 10.9. The summed E-state index contributed by atoms with van der Waals surface area (Å²) in [4.78, 5) is 10.9. The standard InChI is InChI=1S/C7H15N3O3/c8-3-1-7(13,6(10)12)2-4(9)5(3)11/h3-5,11,13H,1-2,8-9H2,(H2,10,12). The summed E-state index contributed by atoms with van der Waals surface area (Å²) >= 11 is 0. The van der Waals surface area contributed by atoms with E-state index in [2.05, 4.69) is 0 Å². The minimum absolute atomic E-state index is 0.0444. The van der Waals surface area contributed by atoms with Crippen LogP contribution in [0, 0.1) is 0 Å². The first-order valence-corrected chi connectivity index (χ1v) is 4.08. The zero-order valence-electron chi connectivity index (χ0n) is 7.18. The number of aliphatic hydroxyl groups excluding tert-OH is 1. The van der Waals surface area contributed by atoms with Crippen LogP contribution in [0.2, 0.25) is 0 Å². The van der Waals surface area contributed by atoms with Crippen LogP contribution < -0.4 is 17.2 Å². The Balaban J connectivity index is 2.79. The summed E-state index contributed by atoms with van der Waals surface area (Å²) in [5, 5.41) is 19.0. The van der Waals surface area contributed by atoms with Gasteiger partial charge in [-0.15, -0.1) is 0 Å². The Kier molecular flexibility index (Phi) is 2.58. The third-order valence-electron chi connectivity index (χ3n) is 2.48.